The second kappa shape index (κ2) is 7.71. The van der Waals surface area contributed by atoms with Crippen molar-refractivity contribution in [1.82, 2.24) is 19.5 Å². The van der Waals surface area contributed by atoms with Crippen molar-refractivity contribution in [2.45, 2.75) is 43.8 Å². The highest BCUT2D eigenvalue weighted by atomic mass is 32.2. The highest BCUT2D eigenvalue weighted by Gasteiger charge is 2.38. The first kappa shape index (κ1) is 20.9. The summed E-state index contributed by atoms with van der Waals surface area (Å²) in [6.07, 6.45) is -3.05. The second-order valence-corrected chi connectivity index (χ2v) is 7.91. The van der Waals surface area contributed by atoms with Crippen molar-refractivity contribution >= 4 is 28.7 Å². The molecule has 30 heavy (non-hydrogen) atoms. The fourth-order valence-corrected chi connectivity index (χ4v) is 4.25. The normalized spacial score (nSPS) is 15.5. The number of thioether (sulfide) groups is 1. The number of aliphatic hydroxyl groups excluding tert-OH is 2. The average molecular weight is 439 g/mol. The topological polar surface area (TPSA) is 87.3 Å². The predicted octanol–water partition coefficient (Wildman–Crippen LogP) is 3.13. The lowest BCUT2D eigenvalue weighted by Crippen LogP contribution is -2.35. The molecule has 160 valence electrons. The molecule has 7 nitrogen and oxygen atoms in total. The van der Waals surface area contributed by atoms with Crippen LogP contribution in [0.4, 0.5) is 19.1 Å². The largest absolute Gasteiger partial charge is 0.433 e. The van der Waals surface area contributed by atoms with Crippen molar-refractivity contribution in [2.24, 2.45) is 0 Å². The minimum absolute atomic E-state index is 0.0501. The summed E-state index contributed by atoms with van der Waals surface area (Å²) in [6, 6.07) is 3.82. The van der Waals surface area contributed by atoms with Gasteiger partial charge in [-0.25, -0.2) is 15.0 Å². The summed E-state index contributed by atoms with van der Waals surface area (Å²) in [5.74, 6) is 0.640. The number of fused-ring (bicyclic) bond motifs is 3. The Labute approximate surface area is 174 Å². The van der Waals surface area contributed by atoms with Crippen molar-refractivity contribution in [3.05, 3.63) is 41.0 Å². The number of benzene rings is 1. The minimum Gasteiger partial charge on any atom is -0.392 e. The van der Waals surface area contributed by atoms with Gasteiger partial charge in [-0.05, 0) is 30.9 Å². The Balaban J connectivity index is 1.71. The Bertz CT molecular complexity index is 1100. The van der Waals surface area contributed by atoms with Crippen LogP contribution in [0.3, 0.4) is 0 Å². The SMILES string of the molecule is CSc1cc2c(cc1CO)nc1n2CCN(c2ncc(C(C)O)c(C(F)(F)F)n2)C1. The number of imidazole rings is 1. The third-order valence-electron chi connectivity index (χ3n) is 5.13. The molecule has 0 saturated carbocycles. The van der Waals surface area contributed by atoms with Crippen molar-refractivity contribution in [2.75, 3.05) is 17.7 Å². The molecule has 0 fully saturated rings. The number of aliphatic hydroxyl groups is 2. The minimum atomic E-state index is -4.69. The molecule has 1 aromatic carbocycles. The van der Waals surface area contributed by atoms with Gasteiger partial charge in [-0.3, -0.25) is 0 Å². The lowest BCUT2D eigenvalue weighted by molar-refractivity contribution is -0.142. The summed E-state index contributed by atoms with van der Waals surface area (Å²) < 4.78 is 42.3. The number of hydrogen-bond acceptors (Lipinski definition) is 7. The summed E-state index contributed by atoms with van der Waals surface area (Å²) in [5, 5.41) is 19.2. The van der Waals surface area contributed by atoms with Crippen LogP contribution in [0.25, 0.3) is 11.0 Å². The van der Waals surface area contributed by atoms with Gasteiger partial charge < -0.3 is 19.7 Å². The number of alkyl halides is 3. The molecular formula is C19H20F3N5O2S. The highest BCUT2D eigenvalue weighted by molar-refractivity contribution is 7.98. The molecule has 1 atom stereocenters. The van der Waals surface area contributed by atoms with Gasteiger partial charge in [0, 0.05) is 29.7 Å². The molecule has 0 amide bonds. The van der Waals surface area contributed by atoms with Gasteiger partial charge in [-0.2, -0.15) is 13.2 Å². The van der Waals surface area contributed by atoms with Crippen molar-refractivity contribution in [3.8, 4) is 0 Å². The second-order valence-electron chi connectivity index (χ2n) is 7.06. The fourth-order valence-electron chi connectivity index (χ4n) is 3.64. The van der Waals surface area contributed by atoms with Gasteiger partial charge in [-0.1, -0.05) is 0 Å². The molecule has 0 spiro atoms. The number of nitrogens with zero attached hydrogens (tertiary/aromatic N) is 5. The molecule has 1 aliphatic rings. The van der Waals surface area contributed by atoms with Crippen LogP contribution >= 0.6 is 11.8 Å². The number of halogens is 3. The maximum atomic E-state index is 13.4. The van der Waals surface area contributed by atoms with E-state index >= 15 is 0 Å². The maximum absolute atomic E-state index is 13.4. The molecule has 1 aliphatic heterocycles. The first-order valence-electron chi connectivity index (χ1n) is 9.27. The van der Waals surface area contributed by atoms with E-state index in [4.69, 9.17) is 0 Å². The van der Waals surface area contributed by atoms with E-state index in [-0.39, 0.29) is 24.7 Å². The number of aromatic nitrogens is 4. The third kappa shape index (κ3) is 3.61. The molecule has 11 heteroatoms. The third-order valence-corrected chi connectivity index (χ3v) is 5.95. The standard InChI is InChI=1S/C19H20F3N5O2S/c1-10(29)12-7-23-18(25-17(12)19(20,21)22)26-3-4-27-14-6-15(30-2)11(9-28)5-13(14)24-16(27)8-26/h5-7,10,28-29H,3-4,8-9H2,1-2H3. The lowest BCUT2D eigenvalue weighted by atomic mass is 10.1. The van der Waals surface area contributed by atoms with E-state index in [2.05, 4.69) is 15.0 Å². The Kier molecular flexibility index (Phi) is 5.37. The van der Waals surface area contributed by atoms with Crippen LogP contribution in [0, 0.1) is 0 Å². The quantitative estimate of drug-likeness (QED) is 0.604. The molecule has 4 rings (SSSR count). The lowest BCUT2D eigenvalue weighted by Gasteiger charge is -2.28. The molecule has 1 unspecified atom stereocenters. The van der Waals surface area contributed by atoms with E-state index in [9.17, 15) is 23.4 Å². The van der Waals surface area contributed by atoms with E-state index in [0.717, 1.165) is 27.7 Å². The van der Waals surface area contributed by atoms with Crippen LogP contribution in [-0.2, 0) is 25.9 Å². The van der Waals surface area contributed by atoms with Crippen molar-refractivity contribution in [1.29, 1.82) is 0 Å². The zero-order valence-electron chi connectivity index (χ0n) is 16.3. The predicted molar refractivity (Wildman–Crippen MR) is 106 cm³/mol. The Morgan fingerprint density at radius 2 is 2.00 bits per heavy atom. The van der Waals surface area contributed by atoms with Gasteiger partial charge in [-0.15, -0.1) is 11.8 Å². The summed E-state index contributed by atoms with van der Waals surface area (Å²) in [6.45, 7) is 2.34. The van der Waals surface area contributed by atoms with Crippen LogP contribution in [0.2, 0.25) is 0 Å². The Hall–Kier alpha value is -2.37. The molecule has 3 heterocycles. The number of rotatable bonds is 4. The Morgan fingerprint density at radius 3 is 2.63 bits per heavy atom. The van der Waals surface area contributed by atoms with Gasteiger partial charge in [0.2, 0.25) is 5.95 Å². The van der Waals surface area contributed by atoms with E-state index in [0.29, 0.717) is 18.9 Å². The smallest absolute Gasteiger partial charge is 0.392 e. The molecule has 2 aromatic heterocycles. The summed E-state index contributed by atoms with van der Waals surface area (Å²) in [5.41, 5.74) is 0.965. The van der Waals surface area contributed by atoms with Gasteiger partial charge >= 0.3 is 6.18 Å². The zero-order valence-corrected chi connectivity index (χ0v) is 17.1. The van der Waals surface area contributed by atoms with Crippen LogP contribution in [0.5, 0.6) is 0 Å². The molecule has 0 bridgehead atoms. The van der Waals surface area contributed by atoms with Crippen LogP contribution < -0.4 is 4.90 Å². The van der Waals surface area contributed by atoms with Crippen LogP contribution in [0.1, 0.15) is 35.7 Å². The summed E-state index contributed by atoms with van der Waals surface area (Å²) in [4.78, 5) is 15.0. The highest BCUT2D eigenvalue weighted by Crippen LogP contribution is 2.35. The first-order valence-corrected chi connectivity index (χ1v) is 10.5. The maximum Gasteiger partial charge on any atom is 0.433 e. The van der Waals surface area contributed by atoms with Gasteiger partial charge in [0.15, 0.2) is 5.69 Å². The fraction of sp³-hybridized carbons (Fsp3) is 0.421. The first-order chi connectivity index (χ1) is 14.2. The van der Waals surface area contributed by atoms with Crippen LogP contribution in [-0.4, -0.2) is 42.5 Å². The molecule has 0 radical (unpaired) electrons. The average Bonchev–Trinajstić information content (AvgIpc) is 3.07. The summed E-state index contributed by atoms with van der Waals surface area (Å²) in [7, 11) is 0. The van der Waals surface area contributed by atoms with Gasteiger partial charge in [0.05, 0.1) is 30.3 Å². The number of anilines is 1. The summed E-state index contributed by atoms with van der Waals surface area (Å²) >= 11 is 1.54. The van der Waals surface area contributed by atoms with Crippen molar-refractivity contribution < 1.29 is 23.4 Å². The monoisotopic (exact) mass is 439 g/mol. The van der Waals surface area contributed by atoms with E-state index in [1.807, 2.05) is 23.0 Å². The molecule has 2 N–H and O–H groups in total. The molecule has 3 aromatic rings. The van der Waals surface area contributed by atoms with Crippen molar-refractivity contribution in [3.63, 3.8) is 0 Å². The van der Waals surface area contributed by atoms with Gasteiger partial charge in [0.25, 0.3) is 0 Å². The molecular weight excluding hydrogens is 419 g/mol. The Morgan fingerprint density at radius 1 is 1.23 bits per heavy atom. The van der Waals surface area contributed by atoms with Crippen LogP contribution in [0.15, 0.2) is 23.2 Å². The molecule has 0 aliphatic carbocycles. The van der Waals surface area contributed by atoms with E-state index in [1.165, 1.54) is 18.7 Å². The van der Waals surface area contributed by atoms with E-state index < -0.39 is 18.0 Å². The van der Waals surface area contributed by atoms with Gasteiger partial charge in [0.1, 0.15) is 5.82 Å². The zero-order chi connectivity index (χ0) is 21.6. The molecule has 0 saturated heterocycles. The van der Waals surface area contributed by atoms with E-state index in [1.54, 1.807) is 4.90 Å². The number of hydrogen-bond donors (Lipinski definition) is 2.